The van der Waals surface area contributed by atoms with Crippen LogP contribution in [-0.2, 0) is 0 Å². The van der Waals surface area contributed by atoms with Gasteiger partial charge in [-0.15, -0.1) is 0 Å². The quantitative estimate of drug-likeness (QED) is 0.772. The van der Waals surface area contributed by atoms with Crippen LogP contribution >= 0.6 is 0 Å². The first-order valence-electron chi connectivity index (χ1n) is 8.20. The molecule has 3 rings (SSSR count). The zero-order valence-corrected chi connectivity index (χ0v) is 11.7. The van der Waals surface area contributed by atoms with Crippen LogP contribution in [0.25, 0.3) is 0 Å². The minimum atomic E-state index is -0.00396. The lowest BCUT2D eigenvalue weighted by Gasteiger charge is -2.47. The third-order valence-corrected chi connectivity index (χ3v) is 5.96. The first kappa shape index (κ1) is 12.9. The Morgan fingerprint density at radius 3 is 2.00 bits per heavy atom. The molecule has 2 saturated carbocycles. The lowest BCUT2D eigenvalue weighted by molar-refractivity contribution is 0.0176. The number of rotatable bonds is 1. The number of likely N-dealkylation sites (tertiary alicyclic amines) is 1. The van der Waals surface area contributed by atoms with Gasteiger partial charge >= 0.3 is 0 Å². The molecule has 1 N–H and O–H groups in total. The minimum absolute atomic E-state index is 0.00396. The summed E-state index contributed by atoms with van der Waals surface area (Å²) >= 11 is 0. The summed E-state index contributed by atoms with van der Waals surface area (Å²) in [5.41, 5.74) is 0.739. The molecule has 2 aliphatic carbocycles. The van der Waals surface area contributed by atoms with Crippen LogP contribution in [0, 0.1) is 5.41 Å². The number of hydrogen-bond acceptors (Lipinski definition) is 2. The van der Waals surface area contributed by atoms with Gasteiger partial charge in [-0.3, -0.25) is 0 Å². The zero-order valence-electron chi connectivity index (χ0n) is 11.7. The minimum Gasteiger partial charge on any atom is -0.393 e. The fourth-order valence-electron chi connectivity index (χ4n) is 4.59. The number of piperidine rings is 1. The van der Waals surface area contributed by atoms with Gasteiger partial charge in [0.25, 0.3) is 0 Å². The van der Waals surface area contributed by atoms with E-state index in [0.717, 1.165) is 24.3 Å². The molecule has 104 valence electrons. The maximum Gasteiger partial charge on any atom is 0.0541 e. The second-order valence-electron chi connectivity index (χ2n) is 7.06. The van der Waals surface area contributed by atoms with Gasteiger partial charge in [0.2, 0.25) is 0 Å². The predicted octanol–water partition coefficient (Wildman–Crippen LogP) is 3.34. The van der Waals surface area contributed by atoms with Crippen LogP contribution in [0.15, 0.2) is 0 Å². The van der Waals surface area contributed by atoms with E-state index in [1.807, 2.05) is 0 Å². The van der Waals surface area contributed by atoms with Crippen LogP contribution in [0.4, 0.5) is 0 Å². The Morgan fingerprint density at radius 1 is 0.778 bits per heavy atom. The molecule has 3 aliphatic rings. The first-order valence-corrected chi connectivity index (χ1v) is 8.20. The van der Waals surface area contributed by atoms with Gasteiger partial charge in [0.05, 0.1) is 6.10 Å². The van der Waals surface area contributed by atoms with Crippen LogP contribution in [-0.4, -0.2) is 35.2 Å². The summed E-state index contributed by atoms with van der Waals surface area (Å²) in [6.07, 6.45) is 14.9. The van der Waals surface area contributed by atoms with E-state index in [2.05, 4.69) is 4.90 Å². The van der Waals surface area contributed by atoms with E-state index in [-0.39, 0.29) is 6.10 Å². The highest BCUT2D eigenvalue weighted by atomic mass is 16.3. The summed E-state index contributed by atoms with van der Waals surface area (Å²) in [6.45, 7) is 2.67. The molecule has 18 heavy (non-hydrogen) atoms. The van der Waals surface area contributed by atoms with Gasteiger partial charge < -0.3 is 10.0 Å². The van der Waals surface area contributed by atoms with E-state index >= 15 is 0 Å². The highest BCUT2D eigenvalue weighted by molar-refractivity contribution is 4.91. The second-order valence-corrected chi connectivity index (χ2v) is 7.06. The summed E-state index contributed by atoms with van der Waals surface area (Å²) < 4.78 is 0. The molecule has 0 radical (unpaired) electrons. The third-order valence-electron chi connectivity index (χ3n) is 5.96. The Morgan fingerprint density at radius 2 is 1.39 bits per heavy atom. The zero-order chi connectivity index (χ0) is 12.4. The smallest absolute Gasteiger partial charge is 0.0541 e. The Kier molecular flexibility index (Phi) is 3.95. The molecule has 0 atom stereocenters. The molecule has 0 amide bonds. The monoisotopic (exact) mass is 251 g/mol. The topological polar surface area (TPSA) is 23.5 Å². The number of aliphatic hydroxyl groups is 1. The predicted molar refractivity (Wildman–Crippen MR) is 74.6 cm³/mol. The summed E-state index contributed by atoms with van der Waals surface area (Å²) in [7, 11) is 0. The van der Waals surface area contributed by atoms with E-state index in [0.29, 0.717) is 0 Å². The fourth-order valence-corrected chi connectivity index (χ4v) is 4.59. The second kappa shape index (κ2) is 5.50. The van der Waals surface area contributed by atoms with E-state index in [1.165, 1.54) is 70.9 Å². The van der Waals surface area contributed by atoms with Gasteiger partial charge in [0.1, 0.15) is 0 Å². The summed E-state index contributed by atoms with van der Waals surface area (Å²) in [5.74, 6) is 0. The average molecular weight is 251 g/mol. The van der Waals surface area contributed by atoms with Crippen LogP contribution in [0.3, 0.4) is 0 Å². The van der Waals surface area contributed by atoms with Gasteiger partial charge in [-0.2, -0.15) is 0 Å². The van der Waals surface area contributed by atoms with Crippen LogP contribution < -0.4 is 0 Å². The number of hydrogen-bond donors (Lipinski definition) is 1. The molecule has 3 fully saturated rings. The van der Waals surface area contributed by atoms with Gasteiger partial charge in [0, 0.05) is 6.04 Å². The van der Waals surface area contributed by atoms with E-state index in [9.17, 15) is 5.11 Å². The van der Waals surface area contributed by atoms with Crippen molar-refractivity contribution in [3.05, 3.63) is 0 Å². The normalized spacial score (nSPS) is 37.8. The molecule has 2 nitrogen and oxygen atoms in total. The molecular weight excluding hydrogens is 222 g/mol. The van der Waals surface area contributed by atoms with E-state index in [1.54, 1.807) is 0 Å². The van der Waals surface area contributed by atoms with Crippen LogP contribution in [0.5, 0.6) is 0 Å². The highest BCUT2D eigenvalue weighted by Crippen LogP contribution is 2.45. The first-order chi connectivity index (χ1) is 8.77. The van der Waals surface area contributed by atoms with Crippen molar-refractivity contribution in [2.75, 3.05) is 13.1 Å². The molecule has 0 aromatic heterocycles. The Labute approximate surface area is 112 Å². The highest BCUT2D eigenvalue weighted by Gasteiger charge is 2.37. The van der Waals surface area contributed by atoms with Crippen LogP contribution in [0.2, 0.25) is 0 Å². The van der Waals surface area contributed by atoms with Gasteiger partial charge in [-0.05, 0) is 69.9 Å². The number of aliphatic hydroxyl groups excluding tert-OH is 1. The fraction of sp³-hybridized carbons (Fsp3) is 1.00. The van der Waals surface area contributed by atoms with E-state index < -0.39 is 0 Å². The van der Waals surface area contributed by atoms with E-state index in [4.69, 9.17) is 0 Å². The molecular formula is C16H29NO. The standard InChI is InChI=1S/C16H29NO/c18-15-6-4-14(5-7-15)17-12-10-16(11-13-17)8-2-1-3-9-16/h14-15,18H,1-13H2. The van der Waals surface area contributed by atoms with Crippen molar-refractivity contribution < 1.29 is 5.11 Å². The Bertz CT molecular complexity index is 254. The summed E-state index contributed by atoms with van der Waals surface area (Å²) in [5, 5.41) is 9.61. The molecule has 1 aliphatic heterocycles. The Balaban J connectivity index is 1.50. The molecule has 0 aromatic rings. The van der Waals surface area contributed by atoms with Crippen molar-refractivity contribution in [2.24, 2.45) is 5.41 Å². The molecule has 1 spiro atoms. The van der Waals surface area contributed by atoms with Gasteiger partial charge in [-0.25, -0.2) is 0 Å². The molecule has 2 heteroatoms. The third kappa shape index (κ3) is 2.75. The SMILES string of the molecule is OC1CCC(N2CCC3(CCCCC3)CC2)CC1. The largest absolute Gasteiger partial charge is 0.393 e. The molecule has 1 saturated heterocycles. The van der Waals surface area contributed by atoms with Crippen molar-refractivity contribution in [3.8, 4) is 0 Å². The number of nitrogens with zero attached hydrogens (tertiary/aromatic N) is 1. The van der Waals surface area contributed by atoms with Crippen LogP contribution in [0.1, 0.15) is 70.6 Å². The molecule has 0 unspecified atom stereocenters. The Hall–Kier alpha value is -0.0800. The summed E-state index contributed by atoms with van der Waals surface area (Å²) in [4.78, 5) is 2.74. The van der Waals surface area contributed by atoms with Crippen molar-refractivity contribution >= 4 is 0 Å². The molecule has 1 heterocycles. The van der Waals surface area contributed by atoms with Crippen molar-refractivity contribution in [1.82, 2.24) is 4.90 Å². The summed E-state index contributed by atoms with van der Waals surface area (Å²) in [6, 6.07) is 0.786. The van der Waals surface area contributed by atoms with Crippen molar-refractivity contribution in [3.63, 3.8) is 0 Å². The molecule has 0 aromatic carbocycles. The molecule has 0 bridgehead atoms. The maximum atomic E-state index is 9.61. The maximum absolute atomic E-state index is 9.61. The average Bonchev–Trinajstić information content (AvgIpc) is 2.42. The lowest BCUT2D eigenvalue weighted by atomic mass is 9.68. The van der Waals surface area contributed by atoms with Crippen molar-refractivity contribution in [1.29, 1.82) is 0 Å². The van der Waals surface area contributed by atoms with Gasteiger partial charge in [-0.1, -0.05) is 19.3 Å². The van der Waals surface area contributed by atoms with Crippen molar-refractivity contribution in [2.45, 2.75) is 82.8 Å². The van der Waals surface area contributed by atoms with Gasteiger partial charge in [0.15, 0.2) is 0 Å². The lowest BCUT2D eigenvalue weighted by Crippen LogP contribution is -2.47.